The van der Waals surface area contributed by atoms with Crippen molar-refractivity contribution >= 4 is 39.1 Å². The molecule has 0 fully saturated rings. The number of amides is 2. The van der Waals surface area contributed by atoms with Gasteiger partial charge >= 0.3 is 6.18 Å². The number of hydrogen-bond acceptors (Lipinski definition) is 4. The molecule has 0 saturated carbocycles. The van der Waals surface area contributed by atoms with Gasteiger partial charge < -0.3 is 10.2 Å². The average molecular weight is 624 g/mol. The first-order valence-electron chi connectivity index (χ1n) is 13.2. The minimum absolute atomic E-state index is 0.0373. The summed E-state index contributed by atoms with van der Waals surface area (Å²) in [6.07, 6.45) is -4.88. The summed E-state index contributed by atoms with van der Waals surface area (Å²) in [6.45, 7) is 6.65. The normalized spacial score (nSPS) is 12.6. The van der Waals surface area contributed by atoms with E-state index in [1.807, 2.05) is 32.9 Å². The number of sulfonamides is 1. The number of hydrogen-bond donors (Lipinski definition) is 1. The minimum atomic E-state index is -4.88. The van der Waals surface area contributed by atoms with Crippen molar-refractivity contribution in [3.8, 4) is 0 Å². The van der Waals surface area contributed by atoms with Crippen molar-refractivity contribution in [1.82, 2.24) is 10.2 Å². The van der Waals surface area contributed by atoms with E-state index in [1.54, 1.807) is 18.2 Å². The van der Waals surface area contributed by atoms with Crippen LogP contribution in [0, 0.1) is 12.8 Å². The van der Waals surface area contributed by atoms with Crippen molar-refractivity contribution in [2.45, 2.75) is 51.4 Å². The summed E-state index contributed by atoms with van der Waals surface area (Å²) < 4.78 is 69.4. The number of nitrogens with zero attached hydrogens (tertiary/aromatic N) is 2. The second kappa shape index (κ2) is 13.6. The molecule has 0 aliphatic rings. The van der Waals surface area contributed by atoms with Gasteiger partial charge in [-0.2, -0.15) is 13.2 Å². The molecule has 0 bridgehead atoms. The number of anilines is 1. The van der Waals surface area contributed by atoms with Gasteiger partial charge in [0.1, 0.15) is 12.6 Å². The third-order valence-corrected chi connectivity index (χ3v) is 8.56. The van der Waals surface area contributed by atoms with Crippen LogP contribution in [0.3, 0.4) is 0 Å². The molecule has 7 nitrogen and oxygen atoms in total. The average Bonchev–Trinajstić information content (AvgIpc) is 2.93. The molecule has 226 valence electrons. The zero-order chi connectivity index (χ0) is 31.2. The summed E-state index contributed by atoms with van der Waals surface area (Å²) in [5, 5.41) is 2.16. The van der Waals surface area contributed by atoms with Gasteiger partial charge in [0.05, 0.1) is 21.2 Å². The van der Waals surface area contributed by atoms with Gasteiger partial charge in [0.15, 0.2) is 0 Å². The highest BCUT2D eigenvalue weighted by Crippen LogP contribution is 2.38. The molecule has 3 aromatic rings. The molecule has 0 aromatic heterocycles. The van der Waals surface area contributed by atoms with E-state index in [1.165, 1.54) is 36.1 Å². The zero-order valence-corrected chi connectivity index (χ0v) is 25.2. The first-order valence-corrected chi connectivity index (χ1v) is 15.0. The lowest BCUT2D eigenvalue weighted by Crippen LogP contribution is -2.51. The van der Waals surface area contributed by atoms with Crippen LogP contribution in [0.15, 0.2) is 77.7 Å². The highest BCUT2D eigenvalue weighted by Gasteiger charge is 2.37. The van der Waals surface area contributed by atoms with Crippen LogP contribution in [0.4, 0.5) is 18.9 Å². The van der Waals surface area contributed by atoms with Crippen LogP contribution in [-0.4, -0.2) is 44.3 Å². The van der Waals surface area contributed by atoms with Gasteiger partial charge in [0, 0.05) is 13.1 Å². The van der Waals surface area contributed by atoms with E-state index >= 15 is 0 Å². The quantitative estimate of drug-likeness (QED) is 0.282. The molecular weight excluding hydrogens is 591 g/mol. The molecule has 3 aromatic carbocycles. The highest BCUT2D eigenvalue weighted by molar-refractivity contribution is 7.92. The molecule has 0 saturated heterocycles. The molecule has 0 radical (unpaired) electrons. The van der Waals surface area contributed by atoms with Crippen molar-refractivity contribution in [2.75, 3.05) is 17.4 Å². The number of nitrogens with one attached hydrogen (secondary N) is 1. The number of benzene rings is 3. The monoisotopic (exact) mass is 623 g/mol. The lowest BCUT2D eigenvalue weighted by Gasteiger charge is -2.32. The van der Waals surface area contributed by atoms with Gasteiger partial charge in [0.2, 0.25) is 11.8 Å². The Labute approximate surface area is 249 Å². The first-order chi connectivity index (χ1) is 19.6. The van der Waals surface area contributed by atoms with Crippen LogP contribution in [-0.2, 0) is 32.3 Å². The third kappa shape index (κ3) is 8.25. The van der Waals surface area contributed by atoms with Gasteiger partial charge in [-0.1, -0.05) is 73.5 Å². The van der Waals surface area contributed by atoms with Crippen LogP contribution < -0.4 is 9.62 Å². The first kappa shape index (κ1) is 32.9. The molecule has 1 atom stereocenters. The molecule has 0 aliphatic carbocycles. The van der Waals surface area contributed by atoms with Crippen molar-refractivity contribution in [3.63, 3.8) is 0 Å². The molecule has 2 amide bonds. The maximum atomic E-state index is 13.9. The highest BCUT2D eigenvalue weighted by atomic mass is 35.5. The van der Waals surface area contributed by atoms with Crippen LogP contribution in [0.2, 0.25) is 5.02 Å². The predicted octanol–water partition coefficient (Wildman–Crippen LogP) is 6.05. The molecule has 0 unspecified atom stereocenters. The lowest BCUT2D eigenvalue weighted by atomic mass is 10.1. The van der Waals surface area contributed by atoms with E-state index in [0.717, 1.165) is 17.7 Å². The minimum Gasteiger partial charge on any atom is -0.354 e. The maximum Gasteiger partial charge on any atom is 0.417 e. The molecular formula is C30H33ClF3N3O4S. The fourth-order valence-corrected chi connectivity index (χ4v) is 5.83. The Bertz CT molecular complexity index is 1520. The Hall–Kier alpha value is -3.57. The fraction of sp³-hybridized carbons (Fsp3) is 0.333. The molecule has 0 heterocycles. The summed E-state index contributed by atoms with van der Waals surface area (Å²) in [5.41, 5.74) is -0.0575. The van der Waals surface area contributed by atoms with E-state index in [0.29, 0.717) is 22.5 Å². The van der Waals surface area contributed by atoms with Crippen LogP contribution in [0.25, 0.3) is 0 Å². The SMILES string of the molecule is Cc1cccc(CN(C(=O)CN(c2ccc(Cl)c(C(F)(F)F)c2)S(=O)(=O)c2ccccc2)[C@H](C)C(=O)NCC(C)C)c1. The second-order valence-electron chi connectivity index (χ2n) is 10.3. The Morgan fingerprint density at radius 2 is 1.62 bits per heavy atom. The number of carbonyl (C=O) groups excluding carboxylic acids is 2. The molecule has 0 aliphatic heterocycles. The smallest absolute Gasteiger partial charge is 0.354 e. The number of carbonyl (C=O) groups is 2. The van der Waals surface area contributed by atoms with E-state index in [-0.39, 0.29) is 17.4 Å². The van der Waals surface area contributed by atoms with Gasteiger partial charge in [-0.3, -0.25) is 13.9 Å². The number of alkyl halides is 3. The molecule has 12 heteroatoms. The topological polar surface area (TPSA) is 86.8 Å². The molecule has 0 spiro atoms. The van der Waals surface area contributed by atoms with Crippen molar-refractivity contribution in [3.05, 3.63) is 94.5 Å². The Morgan fingerprint density at radius 1 is 0.952 bits per heavy atom. The zero-order valence-electron chi connectivity index (χ0n) is 23.7. The summed E-state index contributed by atoms with van der Waals surface area (Å²) in [6, 6.07) is 15.9. The fourth-order valence-electron chi connectivity index (χ4n) is 4.18. The van der Waals surface area contributed by atoms with Gasteiger partial charge in [-0.25, -0.2) is 8.42 Å². The Kier molecular flexibility index (Phi) is 10.7. The van der Waals surface area contributed by atoms with Crippen LogP contribution in [0.5, 0.6) is 0 Å². The number of rotatable bonds is 11. The maximum absolute atomic E-state index is 13.9. The number of halogens is 4. The Morgan fingerprint density at radius 3 is 2.21 bits per heavy atom. The summed E-state index contributed by atoms with van der Waals surface area (Å²) >= 11 is 5.80. The summed E-state index contributed by atoms with van der Waals surface area (Å²) in [5.74, 6) is -1.10. The Balaban J connectivity index is 2.09. The van der Waals surface area contributed by atoms with E-state index in [4.69, 9.17) is 11.6 Å². The number of aryl methyl sites for hydroxylation is 1. The molecule has 3 rings (SSSR count). The standard InChI is InChI=1S/C30H33ClF3N3O4S/c1-20(2)17-35-29(39)22(4)36(18-23-10-8-9-21(3)15-23)28(38)19-37(42(40,41)25-11-6-5-7-12-25)24-13-14-27(31)26(16-24)30(32,33)34/h5-16,20,22H,17-19H2,1-4H3,(H,35,39)/t22-/m1/s1. The van der Waals surface area contributed by atoms with Gasteiger partial charge in [-0.15, -0.1) is 0 Å². The van der Waals surface area contributed by atoms with E-state index in [2.05, 4.69) is 5.32 Å². The summed E-state index contributed by atoms with van der Waals surface area (Å²) in [7, 11) is -4.53. The van der Waals surface area contributed by atoms with Crippen molar-refractivity contribution in [2.24, 2.45) is 5.92 Å². The van der Waals surface area contributed by atoms with E-state index in [9.17, 15) is 31.2 Å². The van der Waals surface area contributed by atoms with Crippen molar-refractivity contribution in [1.29, 1.82) is 0 Å². The molecule has 1 N–H and O–H groups in total. The third-order valence-electron chi connectivity index (χ3n) is 6.44. The van der Waals surface area contributed by atoms with E-state index < -0.39 is 56.9 Å². The van der Waals surface area contributed by atoms with Gasteiger partial charge in [0.25, 0.3) is 10.0 Å². The lowest BCUT2D eigenvalue weighted by molar-refractivity contribution is -0.139. The second-order valence-corrected chi connectivity index (χ2v) is 12.6. The van der Waals surface area contributed by atoms with Gasteiger partial charge in [-0.05, 0) is 55.7 Å². The summed E-state index contributed by atoms with van der Waals surface area (Å²) in [4.78, 5) is 28.0. The van der Waals surface area contributed by atoms with Crippen LogP contribution in [0.1, 0.15) is 37.5 Å². The van der Waals surface area contributed by atoms with Crippen LogP contribution >= 0.6 is 11.6 Å². The largest absolute Gasteiger partial charge is 0.417 e. The van der Waals surface area contributed by atoms with Crippen molar-refractivity contribution < 1.29 is 31.2 Å². The predicted molar refractivity (Wildman–Crippen MR) is 156 cm³/mol. The molecule has 42 heavy (non-hydrogen) atoms.